The van der Waals surface area contributed by atoms with Gasteiger partial charge in [-0.05, 0) is 5.56 Å². The molecule has 2 aliphatic rings. The van der Waals surface area contributed by atoms with Crippen LogP contribution in [0.15, 0.2) is 30.3 Å². The van der Waals surface area contributed by atoms with Gasteiger partial charge in [0.1, 0.15) is 6.61 Å². The minimum absolute atomic E-state index is 0.0610. The lowest BCUT2D eigenvalue weighted by atomic mass is 9.93. The molecule has 5 nitrogen and oxygen atoms in total. The zero-order valence-corrected chi connectivity index (χ0v) is 13.0. The molecule has 0 spiro atoms. The van der Waals surface area contributed by atoms with Gasteiger partial charge in [-0.2, -0.15) is 0 Å². The van der Waals surface area contributed by atoms with Crippen LogP contribution in [0, 0.1) is 5.92 Å². The molecule has 0 aliphatic carbocycles. The molecule has 2 aliphatic heterocycles. The molecule has 3 rings (SSSR count). The van der Waals surface area contributed by atoms with Crippen LogP contribution in [0.25, 0.3) is 0 Å². The third-order valence-corrected chi connectivity index (χ3v) is 4.49. The van der Waals surface area contributed by atoms with Crippen molar-refractivity contribution in [1.29, 1.82) is 0 Å². The van der Waals surface area contributed by atoms with Crippen molar-refractivity contribution in [2.45, 2.75) is 31.9 Å². The maximum atomic E-state index is 12.5. The van der Waals surface area contributed by atoms with Crippen LogP contribution in [0.2, 0.25) is 0 Å². The van der Waals surface area contributed by atoms with E-state index in [0.717, 1.165) is 5.56 Å². The molecule has 22 heavy (non-hydrogen) atoms. The fraction of sp³-hybridized carbons (Fsp3) is 0.529. The quantitative estimate of drug-likeness (QED) is 0.891. The molecule has 2 amide bonds. The van der Waals surface area contributed by atoms with E-state index in [9.17, 15) is 9.59 Å². The number of nitrogens with one attached hydrogen (secondary N) is 1. The van der Waals surface area contributed by atoms with Crippen molar-refractivity contribution < 1.29 is 14.3 Å². The number of hydrogen-bond donors (Lipinski definition) is 1. The second-order valence-corrected chi connectivity index (χ2v) is 6.31. The van der Waals surface area contributed by atoms with Crippen molar-refractivity contribution in [2.75, 3.05) is 19.7 Å². The number of rotatable bonds is 2. The predicted octanol–water partition coefficient (Wildman–Crippen LogP) is 1.15. The maximum absolute atomic E-state index is 12.5. The van der Waals surface area contributed by atoms with Crippen LogP contribution in [0.4, 0.5) is 0 Å². The fourth-order valence-corrected chi connectivity index (χ4v) is 3.37. The highest BCUT2D eigenvalue weighted by atomic mass is 16.5. The summed E-state index contributed by atoms with van der Waals surface area (Å²) in [5, 5.41) is 2.85. The highest BCUT2D eigenvalue weighted by molar-refractivity contribution is 5.80. The summed E-state index contributed by atoms with van der Waals surface area (Å²) < 4.78 is 5.86. The number of carbonyl (C=O) groups excluding carboxylic acids is 2. The summed E-state index contributed by atoms with van der Waals surface area (Å²) in [5.41, 5.74) is 1.16. The summed E-state index contributed by atoms with van der Waals surface area (Å²) in [5.74, 6) is 0.0575. The second-order valence-electron chi connectivity index (χ2n) is 6.31. The molecule has 1 N–H and O–H groups in total. The number of benzene rings is 1. The van der Waals surface area contributed by atoms with Crippen molar-refractivity contribution in [3.05, 3.63) is 35.9 Å². The third kappa shape index (κ3) is 2.73. The first kappa shape index (κ1) is 15.0. The summed E-state index contributed by atoms with van der Waals surface area (Å²) in [6.07, 6.45) is -0.135. The van der Waals surface area contributed by atoms with Gasteiger partial charge in [-0.1, -0.05) is 44.2 Å². The number of fused-ring (bicyclic) bond motifs is 1. The number of nitrogens with zero attached hydrogens (tertiary/aromatic N) is 1. The molecule has 0 saturated carbocycles. The molecule has 0 bridgehead atoms. The normalized spacial score (nSPS) is 28.2. The molecule has 5 heteroatoms. The van der Waals surface area contributed by atoms with Gasteiger partial charge in [0.2, 0.25) is 11.8 Å². The van der Waals surface area contributed by atoms with E-state index in [1.165, 1.54) is 0 Å². The largest absolute Gasteiger partial charge is 0.365 e. The van der Waals surface area contributed by atoms with E-state index in [1.807, 2.05) is 36.9 Å². The molecule has 1 aromatic rings. The summed E-state index contributed by atoms with van der Waals surface area (Å²) >= 11 is 0. The zero-order valence-electron chi connectivity index (χ0n) is 13.0. The Balaban J connectivity index is 1.91. The Morgan fingerprint density at radius 1 is 1.32 bits per heavy atom. The molecule has 2 fully saturated rings. The number of amides is 2. The first-order valence-electron chi connectivity index (χ1n) is 7.81. The van der Waals surface area contributed by atoms with Gasteiger partial charge in [0, 0.05) is 24.9 Å². The highest BCUT2D eigenvalue weighted by Crippen LogP contribution is 2.35. The van der Waals surface area contributed by atoms with Crippen LogP contribution in [0.5, 0.6) is 0 Å². The molecule has 0 aromatic heterocycles. The van der Waals surface area contributed by atoms with Gasteiger partial charge in [0.05, 0.1) is 12.1 Å². The molecule has 0 radical (unpaired) electrons. The van der Waals surface area contributed by atoms with Crippen molar-refractivity contribution in [1.82, 2.24) is 10.2 Å². The molecular weight excluding hydrogens is 280 g/mol. The van der Waals surface area contributed by atoms with E-state index < -0.39 is 0 Å². The van der Waals surface area contributed by atoms with Gasteiger partial charge >= 0.3 is 0 Å². The van der Waals surface area contributed by atoms with E-state index in [-0.39, 0.29) is 42.4 Å². The van der Waals surface area contributed by atoms with Crippen LogP contribution >= 0.6 is 0 Å². The Morgan fingerprint density at radius 3 is 2.73 bits per heavy atom. The summed E-state index contributed by atoms with van der Waals surface area (Å²) in [7, 11) is 0. The average Bonchev–Trinajstić information content (AvgIpc) is 2.78. The number of ether oxygens (including phenoxy) is 1. The molecule has 2 saturated heterocycles. The van der Waals surface area contributed by atoms with Crippen molar-refractivity contribution in [3.63, 3.8) is 0 Å². The summed E-state index contributed by atoms with van der Waals surface area (Å²) in [4.78, 5) is 26.0. The molecule has 1 aromatic carbocycles. The molecule has 118 valence electrons. The van der Waals surface area contributed by atoms with E-state index in [1.54, 1.807) is 0 Å². The Labute approximate surface area is 130 Å². The van der Waals surface area contributed by atoms with Crippen LogP contribution in [0.1, 0.15) is 25.3 Å². The maximum Gasteiger partial charge on any atom is 0.246 e. The van der Waals surface area contributed by atoms with E-state index in [0.29, 0.717) is 13.1 Å². The third-order valence-electron chi connectivity index (χ3n) is 4.49. The van der Waals surface area contributed by atoms with Gasteiger partial charge in [-0.3, -0.25) is 9.59 Å². The van der Waals surface area contributed by atoms with Crippen molar-refractivity contribution >= 4 is 11.8 Å². The topological polar surface area (TPSA) is 58.6 Å². The second kappa shape index (κ2) is 6.08. The number of likely N-dealkylation sites (tertiary alicyclic amines) is 1. The molecule has 3 atom stereocenters. The Bertz CT molecular complexity index is 558. The minimum atomic E-state index is -0.135. The van der Waals surface area contributed by atoms with Gasteiger partial charge in [0.25, 0.3) is 0 Å². The van der Waals surface area contributed by atoms with Gasteiger partial charge in [-0.15, -0.1) is 0 Å². The van der Waals surface area contributed by atoms with Gasteiger partial charge in [-0.25, -0.2) is 0 Å². The first-order valence-corrected chi connectivity index (χ1v) is 7.81. The zero-order chi connectivity index (χ0) is 15.7. The Hall–Kier alpha value is -1.88. The lowest BCUT2D eigenvalue weighted by molar-refractivity contribution is -0.136. The van der Waals surface area contributed by atoms with E-state index >= 15 is 0 Å². The average molecular weight is 302 g/mol. The SMILES string of the molecule is CC(C)C(=O)N1C[C@H](c2ccccc2)[C@H]2OCC(=O)NC[C@H]21. The van der Waals surface area contributed by atoms with Crippen molar-refractivity contribution in [2.24, 2.45) is 5.92 Å². The Morgan fingerprint density at radius 2 is 2.05 bits per heavy atom. The monoisotopic (exact) mass is 302 g/mol. The highest BCUT2D eigenvalue weighted by Gasteiger charge is 2.46. The summed E-state index contributed by atoms with van der Waals surface area (Å²) in [6, 6.07) is 10.0. The standard InChI is InChI=1S/C17H22N2O3/c1-11(2)17(21)19-9-13(12-6-4-3-5-7-12)16-14(19)8-18-15(20)10-22-16/h3-7,11,13-14,16H,8-10H2,1-2H3,(H,18,20)/t13-,14-,16-/m1/s1. The molecule has 0 unspecified atom stereocenters. The van der Waals surface area contributed by atoms with E-state index in [4.69, 9.17) is 4.74 Å². The lowest BCUT2D eigenvalue weighted by Crippen LogP contribution is -2.46. The van der Waals surface area contributed by atoms with Crippen molar-refractivity contribution in [3.8, 4) is 0 Å². The van der Waals surface area contributed by atoms with Crippen LogP contribution in [-0.4, -0.2) is 48.6 Å². The van der Waals surface area contributed by atoms with Gasteiger partial charge < -0.3 is 15.0 Å². The molecule has 2 heterocycles. The van der Waals surface area contributed by atoms with Gasteiger partial charge in [0.15, 0.2) is 0 Å². The number of hydrogen-bond acceptors (Lipinski definition) is 3. The molecular formula is C17H22N2O3. The lowest BCUT2D eigenvalue weighted by Gasteiger charge is -2.27. The number of carbonyl (C=O) groups is 2. The van der Waals surface area contributed by atoms with Crippen LogP contribution < -0.4 is 5.32 Å². The first-order chi connectivity index (χ1) is 10.6. The predicted molar refractivity (Wildman–Crippen MR) is 82.3 cm³/mol. The minimum Gasteiger partial charge on any atom is -0.365 e. The van der Waals surface area contributed by atoms with E-state index in [2.05, 4.69) is 17.4 Å². The van der Waals surface area contributed by atoms with Crippen LogP contribution in [-0.2, 0) is 14.3 Å². The van der Waals surface area contributed by atoms with Crippen LogP contribution in [0.3, 0.4) is 0 Å². The fourth-order valence-electron chi connectivity index (χ4n) is 3.37. The smallest absolute Gasteiger partial charge is 0.246 e. The summed E-state index contributed by atoms with van der Waals surface area (Å²) in [6.45, 7) is 4.98. The Kier molecular flexibility index (Phi) is 4.16.